The first-order valence-corrected chi connectivity index (χ1v) is 7.44. The smallest absolute Gasteiger partial charge is 0.137 e. The highest BCUT2D eigenvalue weighted by Gasteiger charge is 2.23. The van der Waals surface area contributed by atoms with Crippen LogP contribution in [-0.2, 0) is 0 Å². The Morgan fingerprint density at radius 3 is 2.90 bits per heavy atom. The number of aliphatic hydroxyl groups excluding tert-OH is 1. The second-order valence-electron chi connectivity index (χ2n) is 5.38. The van der Waals surface area contributed by atoms with E-state index in [1.807, 2.05) is 18.2 Å². The van der Waals surface area contributed by atoms with Crippen molar-refractivity contribution in [1.82, 2.24) is 9.97 Å². The lowest BCUT2D eigenvalue weighted by atomic mass is 10.0. The van der Waals surface area contributed by atoms with Gasteiger partial charge in [0, 0.05) is 17.0 Å². The molecule has 5 heteroatoms. The van der Waals surface area contributed by atoms with Crippen LogP contribution in [0.25, 0.3) is 10.9 Å². The van der Waals surface area contributed by atoms with Gasteiger partial charge in [0.15, 0.2) is 0 Å². The van der Waals surface area contributed by atoms with Crippen LogP contribution in [-0.4, -0.2) is 27.7 Å². The van der Waals surface area contributed by atoms with Gasteiger partial charge >= 0.3 is 0 Å². The molecule has 1 fully saturated rings. The van der Waals surface area contributed by atoms with Crippen molar-refractivity contribution in [1.29, 1.82) is 0 Å². The van der Waals surface area contributed by atoms with E-state index in [0.717, 1.165) is 29.6 Å². The van der Waals surface area contributed by atoms with Crippen molar-refractivity contribution in [2.45, 2.75) is 31.8 Å². The van der Waals surface area contributed by atoms with E-state index in [1.165, 1.54) is 19.2 Å². The summed E-state index contributed by atoms with van der Waals surface area (Å²) in [5, 5.41) is 15.0. The highest BCUT2D eigenvalue weighted by Crippen LogP contribution is 2.28. The van der Waals surface area contributed by atoms with Gasteiger partial charge in [-0.15, -0.1) is 0 Å². The third kappa shape index (κ3) is 2.86. The van der Waals surface area contributed by atoms with E-state index in [-0.39, 0.29) is 6.10 Å². The minimum atomic E-state index is -0.310. The van der Waals surface area contributed by atoms with Crippen molar-refractivity contribution in [3.05, 3.63) is 29.5 Å². The van der Waals surface area contributed by atoms with Gasteiger partial charge in [0.2, 0.25) is 0 Å². The van der Waals surface area contributed by atoms with Crippen LogP contribution in [0.3, 0.4) is 0 Å². The molecule has 3 rings (SSSR count). The number of nitrogens with zero attached hydrogens (tertiary/aromatic N) is 2. The summed E-state index contributed by atoms with van der Waals surface area (Å²) in [7, 11) is 0. The Balaban J connectivity index is 1.74. The van der Waals surface area contributed by atoms with E-state index in [1.54, 1.807) is 0 Å². The topological polar surface area (TPSA) is 58.0 Å². The Labute approximate surface area is 123 Å². The zero-order valence-corrected chi connectivity index (χ0v) is 12.0. The van der Waals surface area contributed by atoms with E-state index >= 15 is 0 Å². The SMILES string of the molecule is OC(CNc1ncnc2cc(Cl)ccc12)C1CCCC1. The lowest BCUT2D eigenvalue weighted by Crippen LogP contribution is -2.27. The minimum Gasteiger partial charge on any atom is -0.391 e. The molecule has 1 aliphatic rings. The van der Waals surface area contributed by atoms with E-state index in [0.29, 0.717) is 17.5 Å². The molecule has 0 bridgehead atoms. The molecule has 0 spiro atoms. The molecule has 1 aliphatic carbocycles. The van der Waals surface area contributed by atoms with E-state index in [2.05, 4.69) is 15.3 Å². The first-order chi connectivity index (χ1) is 9.74. The third-order valence-corrected chi connectivity index (χ3v) is 4.26. The average molecular weight is 292 g/mol. The van der Waals surface area contributed by atoms with Crippen LogP contribution in [0, 0.1) is 5.92 Å². The normalized spacial score (nSPS) is 17.5. The molecule has 0 aliphatic heterocycles. The number of aliphatic hydroxyl groups is 1. The van der Waals surface area contributed by atoms with Crippen LogP contribution >= 0.6 is 11.6 Å². The molecule has 1 unspecified atom stereocenters. The highest BCUT2D eigenvalue weighted by molar-refractivity contribution is 6.31. The van der Waals surface area contributed by atoms with Gasteiger partial charge in [0.05, 0.1) is 11.6 Å². The van der Waals surface area contributed by atoms with Crippen LogP contribution < -0.4 is 5.32 Å². The van der Waals surface area contributed by atoms with Crippen LogP contribution in [0.5, 0.6) is 0 Å². The molecular formula is C15H18ClN3O. The number of nitrogens with one attached hydrogen (secondary N) is 1. The molecule has 20 heavy (non-hydrogen) atoms. The molecule has 1 atom stereocenters. The van der Waals surface area contributed by atoms with Crippen molar-refractivity contribution < 1.29 is 5.11 Å². The zero-order chi connectivity index (χ0) is 13.9. The predicted molar refractivity (Wildman–Crippen MR) is 81.0 cm³/mol. The van der Waals surface area contributed by atoms with Crippen LogP contribution in [0.2, 0.25) is 5.02 Å². The molecular weight excluding hydrogens is 274 g/mol. The second kappa shape index (κ2) is 5.94. The first-order valence-electron chi connectivity index (χ1n) is 7.06. The number of hydrogen-bond acceptors (Lipinski definition) is 4. The monoisotopic (exact) mass is 291 g/mol. The number of aromatic nitrogens is 2. The summed E-state index contributed by atoms with van der Waals surface area (Å²) in [6, 6.07) is 5.55. The fourth-order valence-corrected chi connectivity index (χ4v) is 3.05. The van der Waals surface area contributed by atoms with E-state index in [9.17, 15) is 5.11 Å². The summed E-state index contributed by atoms with van der Waals surface area (Å²) < 4.78 is 0. The molecule has 4 nitrogen and oxygen atoms in total. The fraction of sp³-hybridized carbons (Fsp3) is 0.467. The Morgan fingerprint density at radius 1 is 1.30 bits per heavy atom. The van der Waals surface area contributed by atoms with E-state index < -0.39 is 0 Å². The molecule has 0 amide bonds. The van der Waals surface area contributed by atoms with Crippen molar-refractivity contribution in [2.75, 3.05) is 11.9 Å². The van der Waals surface area contributed by atoms with Gasteiger partial charge in [0.1, 0.15) is 12.1 Å². The number of fused-ring (bicyclic) bond motifs is 1. The molecule has 1 heterocycles. The van der Waals surface area contributed by atoms with Gasteiger partial charge in [-0.1, -0.05) is 24.4 Å². The molecule has 2 N–H and O–H groups in total. The van der Waals surface area contributed by atoms with Gasteiger partial charge in [-0.3, -0.25) is 0 Å². The fourth-order valence-electron chi connectivity index (χ4n) is 2.88. The standard InChI is InChI=1S/C15H18ClN3O/c16-11-5-6-12-13(7-11)18-9-19-15(12)17-8-14(20)10-3-1-2-4-10/h5-7,9-10,14,20H,1-4,8H2,(H,17,18,19). The summed E-state index contributed by atoms with van der Waals surface area (Å²) >= 11 is 5.96. The number of halogens is 1. The lowest BCUT2D eigenvalue weighted by molar-refractivity contribution is 0.123. The van der Waals surface area contributed by atoms with Gasteiger partial charge < -0.3 is 10.4 Å². The Hall–Kier alpha value is -1.39. The number of benzene rings is 1. The van der Waals surface area contributed by atoms with Gasteiger partial charge in [-0.2, -0.15) is 0 Å². The maximum atomic E-state index is 10.2. The predicted octanol–water partition coefficient (Wildman–Crippen LogP) is 3.25. The molecule has 0 radical (unpaired) electrons. The maximum Gasteiger partial charge on any atom is 0.137 e. The number of anilines is 1. The number of rotatable bonds is 4. The molecule has 0 saturated heterocycles. The first kappa shape index (κ1) is 13.6. The Kier molecular flexibility index (Phi) is 4.03. The summed E-state index contributed by atoms with van der Waals surface area (Å²) in [6.07, 6.45) is 5.93. The summed E-state index contributed by atoms with van der Waals surface area (Å²) in [5.74, 6) is 1.17. The summed E-state index contributed by atoms with van der Waals surface area (Å²) in [6.45, 7) is 0.527. The molecule has 1 aromatic heterocycles. The Morgan fingerprint density at radius 2 is 2.10 bits per heavy atom. The highest BCUT2D eigenvalue weighted by atomic mass is 35.5. The second-order valence-corrected chi connectivity index (χ2v) is 5.81. The average Bonchev–Trinajstić information content (AvgIpc) is 2.98. The van der Waals surface area contributed by atoms with Crippen molar-refractivity contribution in [3.8, 4) is 0 Å². The molecule has 2 aromatic rings. The van der Waals surface area contributed by atoms with Crippen LogP contribution in [0.4, 0.5) is 5.82 Å². The number of hydrogen-bond donors (Lipinski definition) is 2. The van der Waals surface area contributed by atoms with Gasteiger partial charge in [0.25, 0.3) is 0 Å². The van der Waals surface area contributed by atoms with E-state index in [4.69, 9.17) is 11.6 Å². The minimum absolute atomic E-state index is 0.310. The van der Waals surface area contributed by atoms with Crippen molar-refractivity contribution >= 4 is 28.3 Å². The summed E-state index contributed by atoms with van der Waals surface area (Å²) in [5.41, 5.74) is 0.811. The molecule has 106 valence electrons. The summed E-state index contributed by atoms with van der Waals surface area (Å²) in [4.78, 5) is 8.47. The zero-order valence-electron chi connectivity index (χ0n) is 11.2. The van der Waals surface area contributed by atoms with Gasteiger partial charge in [-0.05, 0) is 37.0 Å². The molecule has 1 saturated carbocycles. The van der Waals surface area contributed by atoms with Crippen LogP contribution in [0.15, 0.2) is 24.5 Å². The van der Waals surface area contributed by atoms with Gasteiger partial charge in [-0.25, -0.2) is 9.97 Å². The Bertz CT molecular complexity index is 599. The largest absolute Gasteiger partial charge is 0.391 e. The quantitative estimate of drug-likeness (QED) is 0.908. The van der Waals surface area contributed by atoms with Crippen LogP contribution in [0.1, 0.15) is 25.7 Å². The van der Waals surface area contributed by atoms with Crippen molar-refractivity contribution in [3.63, 3.8) is 0 Å². The molecule has 1 aromatic carbocycles. The third-order valence-electron chi connectivity index (χ3n) is 4.02. The van der Waals surface area contributed by atoms with Crippen molar-refractivity contribution in [2.24, 2.45) is 5.92 Å². The lowest BCUT2D eigenvalue weighted by Gasteiger charge is -2.18. The maximum absolute atomic E-state index is 10.2.